The van der Waals surface area contributed by atoms with Crippen molar-refractivity contribution in [2.24, 2.45) is 0 Å². The molecule has 0 unspecified atom stereocenters. The predicted octanol–water partition coefficient (Wildman–Crippen LogP) is 2.26. The van der Waals surface area contributed by atoms with Crippen LogP contribution in [0.3, 0.4) is 0 Å². The number of hydrogen-bond donors (Lipinski definition) is 2. The maximum atomic E-state index is 10.6. The largest absolute Gasteiger partial charge is 0.378 e. The average molecular weight is 277 g/mol. The summed E-state index contributed by atoms with van der Waals surface area (Å²) in [5.41, 5.74) is 6.49. The van der Waals surface area contributed by atoms with Gasteiger partial charge in [0.15, 0.2) is 5.13 Å². The van der Waals surface area contributed by atoms with Gasteiger partial charge in [0.05, 0.1) is 10.6 Å². The SMILES string of the molecule is Nc1nc(Nc2nc3c(s2)CCC3)ccc1[N+](=O)[O-]. The van der Waals surface area contributed by atoms with Crippen molar-refractivity contribution < 1.29 is 4.92 Å². The van der Waals surface area contributed by atoms with E-state index in [1.807, 2.05) is 0 Å². The van der Waals surface area contributed by atoms with Gasteiger partial charge in [-0.15, -0.1) is 11.3 Å². The number of thiazole rings is 1. The first-order valence-electron chi connectivity index (χ1n) is 5.80. The quantitative estimate of drug-likeness (QED) is 0.658. The molecule has 3 rings (SSSR count). The molecule has 19 heavy (non-hydrogen) atoms. The lowest BCUT2D eigenvalue weighted by molar-refractivity contribution is -0.384. The number of aromatic nitrogens is 2. The first kappa shape index (κ1) is 11.8. The van der Waals surface area contributed by atoms with Crippen LogP contribution in [-0.4, -0.2) is 14.9 Å². The van der Waals surface area contributed by atoms with E-state index in [9.17, 15) is 10.1 Å². The van der Waals surface area contributed by atoms with Gasteiger partial charge < -0.3 is 11.1 Å². The predicted molar refractivity (Wildman–Crippen MR) is 72.7 cm³/mol. The van der Waals surface area contributed by atoms with Gasteiger partial charge in [-0.2, -0.15) is 0 Å². The normalized spacial score (nSPS) is 13.3. The third kappa shape index (κ3) is 2.22. The minimum Gasteiger partial charge on any atom is -0.378 e. The number of pyridine rings is 1. The number of aryl methyl sites for hydroxylation is 2. The summed E-state index contributed by atoms with van der Waals surface area (Å²) in [5, 5.41) is 14.4. The Morgan fingerprint density at radius 2 is 2.21 bits per heavy atom. The van der Waals surface area contributed by atoms with Crippen LogP contribution in [0.2, 0.25) is 0 Å². The zero-order chi connectivity index (χ0) is 13.4. The number of nitrogens with zero attached hydrogens (tertiary/aromatic N) is 3. The second-order valence-corrected chi connectivity index (χ2v) is 5.31. The van der Waals surface area contributed by atoms with Crippen LogP contribution < -0.4 is 11.1 Å². The second-order valence-electron chi connectivity index (χ2n) is 4.23. The number of anilines is 3. The first-order valence-corrected chi connectivity index (χ1v) is 6.61. The molecule has 2 heterocycles. The Labute approximate surface area is 112 Å². The van der Waals surface area contributed by atoms with E-state index in [-0.39, 0.29) is 11.5 Å². The maximum Gasteiger partial charge on any atom is 0.311 e. The van der Waals surface area contributed by atoms with Gasteiger partial charge in [0.1, 0.15) is 5.82 Å². The van der Waals surface area contributed by atoms with Crippen LogP contribution in [0.25, 0.3) is 0 Å². The van der Waals surface area contributed by atoms with Crippen LogP contribution in [0.5, 0.6) is 0 Å². The molecule has 0 aliphatic heterocycles. The van der Waals surface area contributed by atoms with Crippen molar-refractivity contribution in [2.75, 3.05) is 11.1 Å². The van der Waals surface area contributed by atoms with Crippen LogP contribution in [-0.2, 0) is 12.8 Å². The van der Waals surface area contributed by atoms with Gasteiger partial charge in [0, 0.05) is 10.9 Å². The molecule has 98 valence electrons. The van der Waals surface area contributed by atoms with Crippen molar-refractivity contribution in [3.05, 3.63) is 32.8 Å². The van der Waals surface area contributed by atoms with Crippen molar-refractivity contribution >= 4 is 33.8 Å². The monoisotopic (exact) mass is 277 g/mol. The lowest BCUT2D eigenvalue weighted by atomic mass is 10.4. The van der Waals surface area contributed by atoms with Gasteiger partial charge in [-0.1, -0.05) is 0 Å². The molecule has 0 fully saturated rings. The second kappa shape index (κ2) is 4.47. The van der Waals surface area contributed by atoms with Crippen LogP contribution >= 0.6 is 11.3 Å². The molecule has 0 saturated carbocycles. The van der Waals surface area contributed by atoms with Crippen molar-refractivity contribution in [2.45, 2.75) is 19.3 Å². The summed E-state index contributed by atoms with van der Waals surface area (Å²) in [6, 6.07) is 2.87. The number of rotatable bonds is 3. The molecular weight excluding hydrogens is 266 g/mol. The van der Waals surface area contributed by atoms with Crippen LogP contribution in [0, 0.1) is 10.1 Å². The fraction of sp³-hybridized carbons (Fsp3) is 0.273. The maximum absolute atomic E-state index is 10.6. The number of nitro groups is 1. The Balaban J connectivity index is 1.83. The average Bonchev–Trinajstić information content (AvgIpc) is 2.89. The third-order valence-corrected chi connectivity index (χ3v) is 4.00. The number of nitrogens with two attached hydrogens (primary N) is 1. The first-order chi connectivity index (χ1) is 9.13. The summed E-state index contributed by atoms with van der Waals surface area (Å²) in [5.74, 6) is 0.370. The van der Waals surface area contributed by atoms with Gasteiger partial charge >= 0.3 is 5.69 Å². The van der Waals surface area contributed by atoms with Crippen LogP contribution in [0.4, 0.5) is 22.5 Å². The van der Waals surface area contributed by atoms with E-state index in [1.165, 1.54) is 17.0 Å². The Morgan fingerprint density at radius 1 is 1.37 bits per heavy atom. The number of hydrogen-bond acceptors (Lipinski definition) is 7. The Bertz CT molecular complexity index is 633. The van der Waals surface area contributed by atoms with E-state index in [4.69, 9.17) is 5.73 Å². The summed E-state index contributed by atoms with van der Waals surface area (Å²) >= 11 is 1.60. The van der Waals surface area contributed by atoms with Gasteiger partial charge in [-0.25, -0.2) is 9.97 Å². The zero-order valence-corrected chi connectivity index (χ0v) is 10.7. The van der Waals surface area contributed by atoms with Gasteiger partial charge in [0.25, 0.3) is 0 Å². The molecule has 8 heteroatoms. The van der Waals surface area contributed by atoms with E-state index >= 15 is 0 Å². The number of fused-ring (bicyclic) bond motifs is 1. The smallest absolute Gasteiger partial charge is 0.311 e. The van der Waals surface area contributed by atoms with Crippen LogP contribution in [0.15, 0.2) is 12.1 Å². The van der Waals surface area contributed by atoms with E-state index in [2.05, 4.69) is 15.3 Å². The highest BCUT2D eigenvalue weighted by Crippen LogP contribution is 2.32. The fourth-order valence-electron chi connectivity index (χ4n) is 2.04. The summed E-state index contributed by atoms with van der Waals surface area (Å²) in [6.07, 6.45) is 3.25. The third-order valence-electron chi connectivity index (χ3n) is 2.93. The van der Waals surface area contributed by atoms with E-state index in [1.54, 1.807) is 11.3 Å². The Hall–Kier alpha value is -2.22. The molecule has 0 bridgehead atoms. The molecule has 1 aliphatic carbocycles. The van der Waals surface area contributed by atoms with E-state index in [0.717, 1.165) is 30.1 Å². The highest BCUT2D eigenvalue weighted by Gasteiger charge is 2.18. The van der Waals surface area contributed by atoms with Gasteiger partial charge in [0.2, 0.25) is 5.82 Å². The van der Waals surface area contributed by atoms with Crippen molar-refractivity contribution in [3.8, 4) is 0 Å². The summed E-state index contributed by atoms with van der Waals surface area (Å²) in [4.78, 5) is 19.8. The van der Waals surface area contributed by atoms with Gasteiger partial charge in [-0.05, 0) is 25.3 Å². The van der Waals surface area contributed by atoms with Gasteiger partial charge in [-0.3, -0.25) is 10.1 Å². The Morgan fingerprint density at radius 3 is 2.89 bits per heavy atom. The molecule has 1 aliphatic rings. The molecule has 0 radical (unpaired) electrons. The highest BCUT2D eigenvalue weighted by atomic mass is 32.1. The van der Waals surface area contributed by atoms with E-state index in [0.29, 0.717) is 5.82 Å². The summed E-state index contributed by atoms with van der Waals surface area (Å²) in [6.45, 7) is 0. The fourth-order valence-corrected chi connectivity index (χ4v) is 3.10. The number of nitrogens with one attached hydrogen (secondary N) is 1. The minimum absolute atomic E-state index is 0.0981. The van der Waals surface area contributed by atoms with Crippen molar-refractivity contribution in [1.29, 1.82) is 0 Å². The van der Waals surface area contributed by atoms with Crippen molar-refractivity contribution in [1.82, 2.24) is 9.97 Å². The molecule has 2 aromatic heterocycles. The molecule has 0 amide bonds. The number of nitrogen functional groups attached to an aromatic ring is 1. The van der Waals surface area contributed by atoms with E-state index < -0.39 is 4.92 Å². The molecule has 3 N–H and O–H groups in total. The molecule has 7 nitrogen and oxygen atoms in total. The minimum atomic E-state index is -0.552. The standard InChI is InChI=1S/C11H11N5O2S/c12-10-7(16(17)18)4-5-9(14-10)15-11-13-6-2-1-3-8(6)19-11/h4-5H,1-3H2,(H3,12,13,14,15). The molecule has 0 aromatic carbocycles. The van der Waals surface area contributed by atoms with Crippen molar-refractivity contribution in [3.63, 3.8) is 0 Å². The molecular formula is C11H11N5O2S. The molecule has 0 saturated heterocycles. The molecule has 0 spiro atoms. The van der Waals surface area contributed by atoms with Crippen LogP contribution in [0.1, 0.15) is 17.0 Å². The highest BCUT2D eigenvalue weighted by molar-refractivity contribution is 7.15. The Kier molecular flexibility index (Phi) is 2.79. The summed E-state index contributed by atoms with van der Waals surface area (Å²) in [7, 11) is 0. The lowest BCUT2D eigenvalue weighted by Crippen LogP contribution is -2.01. The summed E-state index contributed by atoms with van der Waals surface area (Å²) < 4.78 is 0. The lowest BCUT2D eigenvalue weighted by Gasteiger charge is -2.03. The zero-order valence-electron chi connectivity index (χ0n) is 9.92. The molecule has 2 aromatic rings. The molecule has 0 atom stereocenters. The topological polar surface area (TPSA) is 107 Å².